The summed E-state index contributed by atoms with van der Waals surface area (Å²) in [5, 5.41) is 1.90. The van der Waals surface area contributed by atoms with E-state index in [9.17, 15) is 14.4 Å². The van der Waals surface area contributed by atoms with Crippen LogP contribution in [-0.2, 0) is 19.1 Å². The largest absolute Gasteiger partial charge is 0.467 e. The first kappa shape index (κ1) is 16.6. The molecule has 0 saturated carbocycles. The van der Waals surface area contributed by atoms with Crippen molar-refractivity contribution in [2.75, 3.05) is 20.0 Å². The van der Waals surface area contributed by atoms with Crippen LogP contribution >= 0.6 is 11.8 Å². The van der Waals surface area contributed by atoms with Crippen LogP contribution in [0.3, 0.4) is 0 Å². The topological polar surface area (TPSA) is 84.9 Å². The van der Waals surface area contributed by atoms with Gasteiger partial charge in [0.25, 0.3) is 0 Å². The molecule has 0 radical (unpaired) electrons. The van der Waals surface area contributed by atoms with Crippen LogP contribution < -0.4 is 5.32 Å². The fourth-order valence-electron chi connectivity index (χ4n) is 1.74. The molecule has 0 aliphatic carbocycles. The van der Waals surface area contributed by atoms with Gasteiger partial charge in [-0.05, 0) is 20.8 Å². The number of carbonyl (C=O) groups excluding carboxylic acids is 3. The predicted octanol–water partition coefficient (Wildman–Crippen LogP) is 0.584. The van der Waals surface area contributed by atoms with E-state index in [2.05, 4.69) is 14.8 Å². The molecule has 0 unspecified atom stereocenters. The van der Waals surface area contributed by atoms with E-state index in [1.807, 2.05) is 20.8 Å². The second-order valence-electron chi connectivity index (χ2n) is 5.34. The minimum Gasteiger partial charge on any atom is -0.467 e. The maximum absolute atomic E-state index is 12.3. The first-order chi connectivity index (χ1) is 9.21. The molecule has 1 aliphatic heterocycles. The lowest BCUT2D eigenvalue weighted by atomic mass is 10.1. The summed E-state index contributed by atoms with van der Waals surface area (Å²) in [4.78, 5) is 37.0. The number of hydrogen-bond acceptors (Lipinski definition) is 6. The van der Waals surface area contributed by atoms with Crippen LogP contribution in [0.25, 0.3) is 0 Å². The highest BCUT2D eigenvalue weighted by atomic mass is 32.2. The van der Waals surface area contributed by atoms with Crippen LogP contribution in [0.5, 0.6) is 0 Å². The number of esters is 2. The Kier molecular flexibility index (Phi) is 5.27. The Morgan fingerprint density at radius 3 is 2.15 bits per heavy atom. The van der Waals surface area contributed by atoms with Gasteiger partial charge in [0.1, 0.15) is 6.04 Å². The molecule has 1 N–H and O–H groups in total. The predicted molar refractivity (Wildman–Crippen MR) is 74.2 cm³/mol. The van der Waals surface area contributed by atoms with Crippen molar-refractivity contribution in [3.8, 4) is 0 Å². The number of nitrogens with one attached hydrogen (secondary N) is 1. The average molecular weight is 304 g/mol. The third-order valence-corrected chi connectivity index (χ3v) is 3.84. The summed E-state index contributed by atoms with van der Waals surface area (Å²) in [5.41, 5.74) is -0.480. The minimum atomic E-state index is -0.841. The second-order valence-corrected chi connectivity index (χ2v) is 6.45. The van der Waals surface area contributed by atoms with Gasteiger partial charge in [0, 0.05) is 11.3 Å². The van der Waals surface area contributed by atoms with Gasteiger partial charge in [0.05, 0.1) is 14.2 Å². The number of ether oxygens (including phenoxy) is 2. The molecule has 8 heteroatoms. The molecule has 0 aromatic carbocycles. The highest BCUT2D eigenvalue weighted by molar-refractivity contribution is 8.00. The van der Waals surface area contributed by atoms with Gasteiger partial charge >= 0.3 is 18.0 Å². The molecule has 1 saturated heterocycles. The Morgan fingerprint density at radius 2 is 1.70 bits per heavy atom. The third-order valence-electron chi connectivity index (χ3n) is 2.59. The van der Waals surface area contributed by atoms with Crippen LogP contribution in [0.15, 0.2) is 0 Å². The van der Waals surface area contributed by atoms with Crippen LogP contribution in [0.4, 0.5) is 4.79 Å². The van der Waals surface area contributed by atoms with Crippen molar-refractivity contribution in [3.05, 3.63) is 0 Å². The van der Waals surface area contributed by atoms with Gasteiger partial charge in [-0.15, -0.1) is 11.8 Å². The molecule has 2 amide bonds. The van der Waals surface area contributed by atoms with E-state index in [1.54, 1.807) is 0 Å². The maximum Gasteiger partial charge on any atom is 0.339 e. The van der Waals surface area contributed by atoms with Gasteiger partial charge in [-0.25, -0.2) is 14.4 Å². The summed E-state index contributed by atoms with van der Waals surface area (Å²) in [5.74, 6) is -0.817. The first-order valence-corrected chi connectivity index (χ1v) is 7.14. The van der Waals surface area contributed by atoms with Crippen LogP contribution in [0.2, 0.25) is 0 Å². The fraction of sp³-hybridized carbons (Fsp3) is 0.750. The third kappa shape index (κ3) is 3.78. The lowest BCUT2D eigenvalue weighted by Gasteiger charge is -2.30. The Hall–Kier alpha value is -1.44. The fourth-order valence-corrected chi connectivity index (χ4v) is 3.04. The Balaban J connectivity index is 2.98. The molecule has 0 aromatic rings. The van der Waals surface area contributed by atoms with E-state index in [4.69, 9.17) is 0 Å². The number of hydrogen-bond donors (Lipinski definition) is 1. The summed E-state index contributed by atoms with van der Waals surface area (Å²) >= 11 is 1.18. The van der Waals surface area contributed by atoms with Crippen LogP contribution in [0.1, 0.15) is 20.8 Å². The molecule has 114 valence electrons. The number of carbonyl (C=O) groups is 3. The highest BCUT2D eigenvalue weighted by Gasteiger charge is 2.46. The van der Waals surface area contributed by atoms with Crippen LogP contribution in [0, 0.1) is 0 Å². The Labute approximate surface area is 122 Å². The lowest BCUT2D eigenvalue weighted by molar-refractivity contribution is -0.147. The van der Waals surface area contributed by atoms with Gasteiger partial charge < -0.3 is 14.8 Å². The van der Waals surface area contributed by atoms with E-state index < -0.39 is 34.9 Å². The number of urea groups is 1. The monoisotopic (exact) mass is 304 g/mol. The Bertz CT molecular complexity index is 383. The van der Waals surface area contributed by atoms with Crippen molar-refractivity contribution in [3.63, 3.8) is 0 Å². The molecule has 1 rings (SSSR count). The van der Waals surface area contributed by atoms with Gasteiger partial charge in [-0.3, -0.25) is 4.90 Å². The van der Waals surface area contributed by atoms with Gasteiger partial charge in [0.15, 0.2) is 5.37 Å². The number of thioether (sulfide) groups is 1. The molecular weight excluding hydrogens is 284 g/mol. The van der Waals surface area contributed by atoms with Gasteiger partial charge in [-0.2, -0.15) is 0 Å². The maximum atomic E-state index is 12.3. The van der Waals surface area contributed by atoms with Crippen molar-refractivity contribution in [1.29, 1.82) is 0 Å². The zero-order valence-electron chi connectivity index (χ0n) is 12.3. The number of rotatable bonds is 2. The number of nitrogens with zero attached hydrogens (tertiary/aromatic N) is 1. The van der Waals surface area contributed by atoms with E-state index >= 15 is 0 Å². The van der Waals surface area contributed by atoms with Crippen LogP contribution in [-0.4, -0.2) is 59.8 Å². The first-order valence-electron chi connectivity index (χ1n) is 6.09. The lowest BCUT2D eigenvalue weighted by Crippen LogP contribution is -2.56. The van der Waals surface area contributed by atoms with E-state index in [0.717, 1.165) is 0 Å². The van der Waals surface area contributed by atoms with E-state index in [0.29, 0.717) is 5.75 Å². The zero-order chi connectivity index (χ0) is 15.5. The summed E-state index contributed by atoms with van der Waals surface area (Å²) < 4.78 is 9.35. The van der Waals surface area contributed by atoms with Crippen molar-refractivity contribution in [2.24, 2.45) is 0 Å². The normalized spacial score (nSPS) is 22.4. The summed E-state index contributed by atoms with van der Waals surface area (Å²) in [6.45, 7) is 5.44. The quantitative estimate of drug-likeness (QED) is 0.751. The highest BCUT2D eigenvalue weighted by Crippen LogP contribution is 2.31. The molecule has 2 atom stereocenters. The SMILES string of the molecule is COC(=O)[C@@H]1CS[C@@H](C(=O)OC)N1C(=O)NC(C)(C)C. The Morgan fingerprint density at radius 1 is 1.15 bits per heavy atom. The minimum absolute atomic E-state index is 0.296. The van der Waals surface area contributed by atoms with Gasteiger partial charge in [-0.1, -0.05) is 0 Å². The molecule has 0 bridgehead atoms. The van der Waals surface area contributed by atoms with E-state index in [-0.39, 0.29) is 0 Å². The van der Waals surface area contributed by atoms with Gasteiger partial charge in [0.2, 0.25) is 0 Å². The van der Waals surface area contributed by atoms with Crippen molar-refractivity contribution >= 4 is 29.7 Å². The van der Waals surface area contributed by atoms with Crippen molar-refractivity contribution < 1.29 is 23.9 Å². The molecule has 1 fully saturated rings. The molecule has 0 aromatic heterocycles. The number of amides is 2. The molecule has 7 nitrogen and oxygen atoms in total. The molecule has 1 aliphatic rings. The molecular formula is C12H20N2O5S. The van der Waals surface area contributed by atoms with Crippen molar-refractivity contribution in [1.82, 2.24) is 10.2 Å². The summed E-state index contributed by atoms with van der Waals surface area (Å²) in [6.07, 6.45) is 0. The standard InChI is InChI=1S/C12H20N2O5S/c1-12(2,3)13-11(17)14-7(9(15)18-4)6-20-8(14)10(16)19-5/h7-8H,6H2,1-5H3,(H,13,17)/t7-,8-/m0/s1. The summed E-state index contributed by atoms with van der Waals surface area (Å²) in [6, 6.07) is -1.29. The molecule has 20 heavy (non-hydrogen) atoms. The second kappa shape index (κ2) is 6.34. The smallest absolute Gasteiger partial charge is 0.339 e. The van der Waals surface area contributed by atoms with E-state index in [1.165, 1.54) is 30.9 Å². The summed E-state index contributed by atoms with van der Waals surface area (Å²) in [7, 11) is 2.49. The number of methoxy groups -OCH3 is 2. The zero-order valence-corrected chi connectivity index (χ0v) is 13.1. The molecule has 0 spiro atoms. The molecule has 1 heterocycles. The average Bonchev–Trinajstić information content (AvgIpc) is 2.79. The van der Waals surface area contributed by atoms with Crippen molar-refractivity contribution in [2.45, 2.75) is 37.7 Å².